The van der Waals surface area contributed by atoms with Crippen LogP contribution in [-0.4, -0.2) is 138 Å². The highest BCUT2D eigenvalue weighted by Gasteiger charge is 2.32. The fourth-order valence-corrected chi connectivity index (χ4v) is 11.3. The minimum absolute atomic E-state index is 0.00712. The lowest BCUT2D eigenvalue weighted by Gasteiger charge is -2.22. The first-order valence-electron chi connectivity index (χ1n) is 38.7. The summed E-state index contributed by atoms with van der Waals surface area (Å²) in [4.78, 5) is 107. The van der Waals surface area contributed by atoms with Gasteiger partial charge in [-0.2, -0.15) is 0 Å². The van der Waals surface area contributed by atoms with Crippen molar-refractivity contribution in [2.24, 2.45) is 35.5 Å². The number of ether oxygens (including phenoxy) is 14. The van der Waals surface area contributed by atoms with Crippen LogP contribution in [0.2, 0.25) is 0 Å². The molecule has 115 heavy (non-hydrogen) atoms. The second-order valence-corrected chi connectivity index (χ2v) is 28.7. The Kier molecular flexibility index (Phi) is 32.1. The van der Waals surface area contributed by atoms with Gasteiger partial charge in [-0.1, -0.05) is 122 Å². The van der Waals surface area contributed by atoms with Gasteiger partial charge in [-0.15, -0.1) is 0 Å². The molecule has 6 atom stereocenters. The molecule has 0 aromatic heterocycles. The van der Waals surface area contributed by atoms with E-state index in [2.05, 4.69) is 37.2 Å². The summed E-state index contributed by atoms with van der Waals surface area (Å²) >= 11 is 0. The smallest absolute Gasteiger partial charge is 0.259 e. The van der Waals surface area contributed by atoms with Crippen LogP contribution in [0.1, 0.15) is 194 Å². The van der Waals surface area contributed by atoms with Crippen molar-refractivity contribution in [1.82, 2.24) is 0 Å². The van der Waals surface area contributed by atoms with Gasteiger partial charge in [0.05, 0.1) is 175 Å². The Bertz CT molecular complexity index is 4610. The van der Waals surface area contributed by atoms with Gasteiger partial charge in [-0.05, 0) is 78.0 Å². The molecule has 0 unspecified atom stereocenters. The topological polar surface area (TPSA) is 333 Å². The van der Waals surface area contributed by atoms with Crippen molar-refractivity contribution in [3.63, 3.8) is 0 Å². The molecule has 7 amide bonds. The van der Waals surface area contributed by atoms with E-state index in [1.54, 1.807) is 18.2 Å². The van der Waals surface area contributed by atoms with E-state index < -0.39 is 41.4 Å². The van der Waals surface area contributed by atoms with Crippen molar-refractivity contribution in [1.29, 1.82) is 0 Å². The standard InChI is InChI=1S/C87H111N7O21/c1-21-47(7)41-110-75-38-76(111-42-48(8)22-2)62-31-61(75)89-82(96)54-27-53(67(102-13)34-68(54)103-14)81(95)88-60-30-59(73(108-19)37-74(60)109-20)87(101)94-66-33-65(79(114-45-51(11)25-5)40-80(66)115-46-52(12)26-6)93-86(100)58-29-57(71(106-17)36-72(58)107-18)85(99)92-64-32-63(77(112-43-49(9)23-3)39-78(64)113-44-50(10)24-4)91-84(98)56-28-55(83(97)90-62)69(104-15)35-70(56)105-16/h27-40,47-52H,21-26,41-46H2,1-20H3,(H,88,95)(H,89,96)(H,90,97)(H,91,98)(H,92,99)(H,93,100)(H,94,101)/t47-,48-,49-,50-,51-,52-/m1/s1. The third kappa shape index (κ3) is 22.3. The summed E-state index contributed by atoms with van der Waals surface area (Å²) in [7, 11) is 10.7. The molecule has 0 radical (unpaired) electrons. The number of rotatable bonds is 32. The van der Waals surface area contributed by atoms with E-state index in [0.29, 0.717) is 0 Å². The van der Waals surface area contributed by atoms with Crippen LogP contribution >= 0.6 is 0 Å². The summed E-state index contributed by atoms with van der Waals surface area (Å²) in [5.74, 6) is -4.66. The normalized spacial score (nSPS) is 14.2. The van der Waals surface area contributed by atoms with Crippen LogP contribution < -0.4 is 104 Å². The third-order valence-corrected chi connectivity index (χ3v) is 20.1. The van der Waals surface area contributed by atoms with Crippen molar-refractivity contribution in [2.45, 2.75) is 122 Å². The highest BCUT2D eigenvalue weighted by atomic mass is 16.5. The average molecular weight is 1590 g/mol. The van der Waals surface area contributed by atoms with Gasteiger partial charge in [0.2, 0.25) is 0 Å². The minimum atomic E-state index is -0.840. The number of carbonyl (C=O) groups is 7. The average Bonchev–Trinajstić information content (AvgIpc) is 0.797. The Hall–Kier alpha value is -12.0. The van der Waals surface area contributed by atoms with Crippen LogP contribution in [0.25, 0.3) is 0 Å². The molecule has 0 saturated heterocycles. The number of anilines is 7. The van der Waals surface area contributed by atoms with Crippen molar-refractivity contribution < 1.29 is 99.9 Å². The molecule has 0 fully saturated rings. The molecular formula is C87H111N7O21. The largest absolute Gasteiger partial charge is 0.496 e. The van der Waals surface area contributed by atoms with Crippen LogP contribution in [0.15, 0.2) is 84.9 Å². The van der Waals surface area contributed by atoms with E-state index >= 15 is 33.6 Å². The van der Waals surface area contributed by atoms with Crippen LogP contribution in [0.5, 0.6) is 80.5 Å². The first-order chi connectivity index (χ1) is 55.2. The maximum atomic E-state index is 15.4. The lowest BCUT2D eigenvalue weighted by molar-refractivity contribution is 0.100. The van der Waals surface area contributed by atoms with E-state index in [9.17, 15) is 0 Å². The molecule has 7 aromatic rings. The molecule has 620 valence electrons. The summed E-state index contributed by atoms with van der Waals surface area (Å²) in [5.41, 5.74) is -0.850. The quantitative estimate of drug-likeness (QED) is 0.0206. The summed E-state index contributed by atoms with van der Waals surface area (Å²) in [5, 5.41) is 20.6. The highest BCUT2D eigenvalue weighted by molar-refractivity contribution is 6.17. The van der Waals surface area contributed by atoms with Gasteiger partial charge >= 0.3 is 0 Å². The number of amides is 7. The number of nitrogens with one attached hydrogen (secondary N) is 7. The molecule has 1 aliphatic heterocycles. The number of fused-ring (bicyclic) bond motifs is 14. The molecular weight excluding hydrogens is 1480 g/mol. The number of methoxy groups -OCH3 is 8. The number of benzene rings is 7. The second-order valence-electron chi connectivity index (χ2n) is 28.7. The first-order valence-corrected chi connectivity index (χ1v) is 38.7. The maximum absolute atomic E-state index is 15.4. The predicted molar refractivity (Wildman–Crippen MR) is 443 cm³/mol. The molecule has 0 spiro atoms. The molecule has 0 aliphatic carbocycles. The molecule has 1 heterocycles. The molecule has 28 nitrogen and oxygen atoms in total. The zero-order valence-electron chi connectivity index (χ0n) is 69.6. The number of hydrogen-bond donors (Lipinski definition) is 7. The lowest BCUT2D eigenvalue weighted by Crippen LogP contribution is -2.21. The van der Waals surface area contributed by atoms with Gasteiger partial charge in [-0.25, -0.2) is 0 Å². The Labute approximate surface area is 673 Å². The van der Waals surface area contributed by atoms with Gasteiger partial charge < -0.3 is 104 Å². The minimum Gasteiger partial charge on any atom is -0.496 e. The fraction of sp³-hybridized carbons (Fsp3) is 0.437. The molecule has 7 aromatic carbocycles. The maximum Gasteiger partial charge on any atom is 0.259 e. The zero-order chi connectivity index (χ0) is 83.9. The van der Waals surface area contributed by atoms with Gasteiger partial charge in [-0.3, -0.25) is 33.6 Å². The third-order valence-electron chi connectivity index (χ3n) is 20.1. The summed E-state index contributed by atoms with van der Waals surface area (Å²) in [6, 6.07) is 19.8. The monoisotopic (exact) mass is 1590 g/mol. The zero-order valence-corrected chi connectivity index (χ0v) is 69.6. The molecule has 8 rings (SSSR count). The Morgan fingerprint density at radius 2 is 0.339 bits per heavy atom. The van der Waals surface area contributed by atoms with Crippen molar-refractivity contribution in [2.75, 3.05) is 134 Å². The van der Waals surface area contributed by atoms with E-state index in [1.807, 2.05) is 83.1 Å². The van der Waals surface area contributed by atoms with Crippen LogP contribution in [0.4, 0.5) is 39.8 Å². The van der Waals surface area contributed by atoms with E-state index in [4.69, 9.17) is 66.3 Å². The SMILES string of the molecule is CC[C@@H](C)COc1cc(OC[C@H](C)CC)c2cc1NC(=O)c1cc(c(OC)cc1OC)NC(=O)c1cc(c(OC)cc1OC)C(=O)Nc1cc(c(OC[C@H](C)CC)cc1OC[C@H](C)CC)NC(=O)c1cc(c(OC)cc1OC)C(=O)Nc1cc(c(OC[C@H](C)CC)cc1OC[C@H](C)CC)NC(=O)c1cc(c(OC)cc1OC)C(=O)N2. The van der Waals surface area contributed by atoms with Crippen molar-refractivity contribution >= 4 is 81.2 Å². The van der Waals surface area contributed by atoms with E-state index in [1.165, 1.54) is 124 Å². The van der Waals surface area contributed by atoms with E-state index in [0.717, 1.165) is 38.5 Å². The van der Waals surface area contributed by atoms with Gasteiger partial charge in [0.25, 0.3) is 41.4 Å². The predicted octanol–water partition coefficient (Wildman–Crippen LogP) is 17.4. The molecule has 1 aliphatic rings. The van der Waals surface area contributed by atoms with Crippen molar-refractivity contribution in [3.8, 4) is 80.5 Å². The van der Waals surface area contributed by atoms with Crippen LogP contribution in [-0.2, 0) is 0 Å². The first kappa shape index (κ1) is 88.6. The second kappa shape index (κ2) is 41.7. The van der Waals surface area contributed by atoms with Crippen LogP contribution in [0.3, 0.4) is 0 Å². The Balaban J connectivity index is 1.41. The molecule has 0 saturated carbocycles. The summed E-state index contributed by atoms with van der Waals surface area (Å²) in [6.45, 7) is 25.2. The van der Waals surface area contributed by atoms with Gasteiger partial charge in [0.15, 0.2) is 0 Å². The number of hydrogen-bond acceptors (Lipinski definition) is 21. The Morgan fingerprint density at radius 1 is 0.200 bits per heavy atom. The van der Waals surface area contributed by atoms with Gasteiger partial charge in [0, 0.05) is 42.5 Å². The molecule has 7 N–H and O–H groups in total. The summed E-state index contributed by atoms with van der Waals surface area (Å²) < 4.78 is 85.7. The molecule has 28 heteroatoms. The number of carbonyl (C=O) groups excluding carboxylic acids is 7. The highest BCUT2D eigenvalue weighted by Crippen LogP contribution is 2.45. The van der Waals surface area contributed by atoms with Gasteiger partial charge in [0.1, 0.15) is 80.5 Å². The van der Waals surface area contributed by atoms with E-state index in [-0.39, 0.29) is 234 Å². The van der Waals surface area contributed by atoms with Crippen LogP contribution in [0, 0.1) is 35.5 Å². The summed E-state index contributed by atoms with van der Waals surface area (Å²) in [6.07, 6.45) is 4.41. The molecule has 14 bridgehead atoms. The van der Waals surface area contributed by atoms with Crippen molar-refractivity contribution in [3.05, 3.63) is 124 Å². The lowest BCUT2D eigenvalue weighted by atomic mass is 10.1. The Morgan fingerprint density at radius 3 is 0.496 bits per heavy atom. The fourth-order valence-electron chi connectivity index (χ4n) is 11.3.